The Balaban J connectivity index is 0.000000159. The summed E-state index contributed by atoms with van der Waals surface area (Å²) in [5.74, 6) is -0.800. The average molecular weight is 685 g/mol. The highest BCUT2D eigenvalue weighted by Gasteiger charge is 2.49. The minimum absolute atomic E-state index is 0.000869. The summed E-state index contributed by atoms with van der Waals surface area (Å²) in [7, 11) is 0. The number of pyridine rings is 2. The second-order valence-electron chi connectivity index (χ2n) is 13.4. The highest BCUT2D eigenvalue weighted by Crippen LogP contribution is 2.46. The fourth-order valence-electron chi connectivity index (χ4n) is 7.14. The zero-order chi connectivity index (χ0) is 35.4. The van der Waals surface area contributed by atoms with Gasteiger partial charge in [-0.2, -0.15) is 10.2 Å². The lowest BCUT2D eigenvalue weighted by Gasteiger charge is -2.39. The molecule has 0 unspecified atom stereocenters. The summed E-state index contributed by atoms with van der Waals surface area (Å²) in [6.07, 6.45) is 9.77. The molecule has 4 heterocycles. The smallest absolute Gasteiger partial charge is 0.151 e. The van der Waals surface area contributed by atoms with Crippen LogP contribution < -0.4 is 0 Å². The summed E-state index contributed by atoms with van der Waals surface area (Å²) >= 11 is 0. The molecule has 0 bridgehead atoms. The SMILES string of the molecule is Cc1cc(CC(=O)C2(c3ncccc3F)CCC2)nn1-c1ccccc1.O=C(Cc1ccn(-c2ccccc2)n1)C1(c2ncccc2F)CCC1. The zero-order valence-electron chi connectivity index (χ0n) is 28.4. The van der Waals surface area contributed by atoms with Gasteiger partial charge in [0, 0.05) is 24.3 Å². The molecule has 8 nitrogen and oxygen atoms in total. The van der Waals surface area contributed by atoms with Gasteiger partial charge >= 0.3 is 0 Å². The van der Waals surface area contributed by atoms with E-state index in [1.54, 1.807) is 29.2 Å². The number of Topliss-reactive ketones (excluding diaryl/α,β-unsaturated/α-hetero) is 2. The quantitative estimate of drug-likeness (QED) is 0.148. The molecule has 0 amide bonds. The standard InChI is InChI=1S/C21H20FN3O.C20H18FN3O/c1-15-13-16(24-25(15)17-7-3-2-4-8-17)14-19(26)21(10-6-11-21)20-18(22)9-5-12-23-20;21-17-8-4-12-22-19(17)20(10-5-11-20)18(25)14-15-9-13-24(23-15)16-6-2-1-3-7-16/h2-5,7-9,12-13H,6,10-11,14H2,1H3;1-4,6-9,12-13H,5,10-11,14H2. The summed E-state index contributed by atoms with van der Waals surface area (Å²) in [4.78, 5) is 34.4. The number of carbonyl (C=O) groups excluding carboxylic acids is 2. The Morgan fingerprint density at radius 3 is 1.65 bits per heavy atom. The van der Waals surface area contributed by atoms with E-state index in [0.29, 0.717) is 37.1 Å². The van der Waals surface area contributed by atoms with Crippen LogP contribution >= 0.6 is 0 Å². The Labute approximate surface area is 295 Å². The van der Waals surface area contributed by atoms with Crippen LogP contribution in [0.3, 0.4) is 0 Å². The lowest BCUT2D eigenvalue weighted by atomic mass is 9.62. The molecule has 0 atom stereocenters. The molecule has 0 N–H and O–H groups in total. The lowest BCUT2D eigenvalue weighted by Crippen LogP contribution is -2.44. The second-order valence-corrected chi connectivity index (χ2v) is 13.4. The van der Waals surface area contributed by atoms with E-state index in [9.17, 15) is 18.4 Å². The molecule has 8 rings (SSSR count). The monoisotopic (exact) mass is 684 g/mol. The maximum atomic E-state index is 14.3. The van der Waals surface area contributed by atoms with Crippen LogP contribution in [-0.2, 0) is 33.3 Å². The van der Waals surface area contributed by atoms with Gasteiger partial charge in [0.1, 0.15) is 11.6 Å². The first-order valence-corrected chi connectivity index (χ1v) is 17.3. The van der Waals surface area contributed by atoms with Crippen molar-refractivity contribution in [1.82, 2.24) is 29.5 Å². The molecule has 0 radical (unpaired) electrons. The van der Waals surface area contributed by atoms with E-state index in [1.165, 1.54) is 12.1 Å². The molecular formula is C41H38F2N6O2. The number of nitrogens with zero attached hydrogens (tertiary/aromatic N) is 6. The lowest BCUT2D eigenvalue weighted by molar-refractivity contribution is -0.128. The van der Waals surface area contributed by atoms with Gasteiger partial charge in [0.25, 0.3) is 0 Å². The van der Waals surface area contributed by atoms with E-state index in [-0.39, 0.29) is 35.8 Å². The van der Waals surface area contributed by atoms with Crippen molar-refractivity contribution < 1.29 is 18.4 Å². The minimum atomic E-state index is -0.796. The maximum absolute atomic E-state index is 14.3. The molecule has 10 heteroatoms. The predicted molar refractivity (Wildman–Crippen MR) is 189 cm³/mol. The third-order valence-electron chi connectivity index (χ3n) is 10.2. The van der Waals surface area contributed by atoms with E-state index >= 15 is 0 Å². The van der Waals surface area contributed by atoms with Gasteiger partial charge in [-0.3, -0.25) is 19.6 Å². The van der Waals surface area contributed by atoms with Gasteiger partial charge in [0.2, 0.25) is 0 Å². The van der Waals surface area contributed by atoms with E-state index in [0.717, 1.165) is 29.9 Å². The van der Waals surface area contributed by atoms with Crippen LogP contribution in [0, 0.1) is 18.6 Å². The Kier molecular flexibility index (Phi) is 9.49. The number of para-hydroxylation sites is 2. The Bertz CT molecular complexity index is 2150. The van der Waals surface area contributed by atoms with E-state index < -0.39 is 22.5 Å². The van der Waals surface area contributed by atoms with E-state index in [2.05, 4.69) is 20.2 Å². The van der Waals surface area contributed by atoms with E-state index in [4.69, 9.17) is 0 Å². The largest absolute Gasteiger partial charge is 0.298 e. The van der Waals surface area contributed by atoms with E-state index in [1.807, 2.05) is 90.6 Å². The molecule has 0 spiro atoms. The molecule has 0 saturated heterocycles. The Hall–Kier alpha value is -5.64. The summed E-state index contributed by atoms with van der Waals surface area (Å²) < 4.78 is 32.0. The van der Waals surface area contributed by atoms with Crippen molar-refractivity contribution >= 4 is 11.6 Å². The summed E-state index contributed by atoms with van der Waals surface area (Å²) in [5.41, 5.74) is 3.25. The van der Waals surface area contributed by atoms with Crippen LogP contribution in [0.4, 0.5) is 8.78 Å². The Morgan fingerprint density at radius 2 is 1.16 bits per heavy atom. The number of carbonyl (C=O) groups is 2. The first-order chi connectivity index (χ1) is 24.8. The zero-order valence-corrected chi connectivity index (χ0v) is 28.4. The first-order valence-electron chi connectivity index (χ1n) is 17.3. The predicted octanol–water partition coefficient (Wildman–Crippen LogP) is 7.59. The number of aryl methyl sites for hydroxylation is 1. The number of hydrogen-bond acceptors (Lipinski definition) is 6. The van der Waals surface area contributed by atoms with Crippen LogP contribution in [0.25, 0.3) is 11.4 Å². The van der Waals surface area contributed by atoms with Gasteiger partial charge in [0.05, 0.1) is 57.8 Å². The molecule has 2 saturated carbocycles. The van der Waals surface area contributed by atoms with Crippen LogP contribution in [-0.4, -0.2) is 41.1 Å². The number of benzene rings is 2. The summed E-state index contributed by atoms with van der Waals surface area (Å²) in [6.45, 7) is 1.96. The molecule has 2 aromatic carbocycles. The Morgan fingerprint density at radius 1 is 0.647 bits per heavy atom. The van der Waals surface area contributed by atoms with Crippen LogP contribution in [0.5, 0.6) is 0 Å². The molecule has 6 aromatic rings. The van der Waals surface area contributed by atoms with Gasteiger partial charge in [0.15, 0.2) is 11.6 Å². The number of hydrogen-bond donors (Lipinski definition) is 0. The van der Waals surface area contributed by atoms with Gasteiger partial charge in [-0.25, -0.2) is 18.1 Å². The van der Waals surface area contributed by atoms with Crippen molar-refractivity contribution in [3.8, 4) is 11.4 Å². The molecule has 4 aromatic heterocycles. The summed E-state index contributed by atoms with van der Waals surface area (Å²) in [6, 6.07) is 29.2. The van der Waals surface area contributed by atoms with Crippen molar-refractivity contribution in [2.45, 2.75) is 69.1 Å². The number of halogens is 2. The van der Waals surface area contributed by atoms with Crippen LogP contribution in [0.15, 0.2) is 116 Å². The number of ketones is 2. The molecule has 2 aliphatic rings. The van der Waals surface area contributed by atoms with Gasteiger partial charge in [-0.05, 0) is 93.3 Å². The second kappa shape index (κ2) is 14.3. The fourth-order valence-corrected chi connectivity index (χ4v) is 7.14. The van der Waals surface area contributed by atoms with Gasteiger partial charge < -0.3 is 0 Å². The highest BCUT2D eigenvalue weighted by atomic mass is 19.1. The third kappa shape index (κ3) is 6.66. The topological polar surface area (TPSA) is 95.6 Å². The average Bonchev–Trinajstić information content (AvgIpc) is 3.72. The van der Waals surface area contributed by atoms with Crippen molar-refractivity contribution in [3.05, 3.63) is 156 Å². The summed E-state index contributed by atoms with van der Waals surface area (Å²) in [5, 5.41) is 9.08. The fraction of sp³-hybridized carbons (Fsp3) is 0.268. The number of rotatable bonds is 10. The molecular weight excluding hydrogens is 646 g/mol. The van der Waals surface area contributed by atoms with Crippen LogP contribution in [0.2, 0.25) is 0 Å². The van der Waals surface area contributed by atoms with Gasteiger partial charge in [-0.15, -0.1) is 0 Å². The minimum Gasteiger partial charge on any atom is -0.298 e. The normalized spacial score (nSPS) is 15.5. The maximum Gasteiger partial charge on any atom is 0.151 e. The molecule has 2 aliphatic carbocycles. The van der Waals surface area contributed by atoms with Crippen molar-refractivity contribution in [1.29, 1.82) is 0 Å². The highest BCUT2D eigenvalue weighted by molar-refractivity contribution is 5.92. The first kappa shape index (κ1) is 33.8. The molecule has 258 valence electrons. The van der Waals surface area contributed by atoms with Crippen molar-refractivity contribution in [3.63, 3.8) is 0 Å². The molecule has 0 aliphatic heterocycles. The number of aromatic nitrogens is 6. The third-order valence-corrected chi connectivity index (χ3v) is 10.2. The van der Waals surface area contributed by atoms with Crippen molar-refractivity contribution in [2.75, 3.05) is 0 Å². The van der Waals surface area contributed by atoms with Crippen molar-refractivity contribution in [2.24, 2.45) is 0 Å². The van der Waals surface area contributed by atoms with Gasteiger partial charge in [-0.1, -0.05) is 49.2 Å². The molecule has 2 fully saturated rings. The van der Waals surface area contributed by atoms with Crippen LogP contribution in [0.1, 0.15) is 67.0 Å². The molecule has 51 heavy (non-hydrogen) atoms.